The van der Waals surface area contributed by atoms with Gasteiger partial charge in [-0.15, -0.1) is 0 Å². The van der Waals surface area contributed by atoms with Gasteiger partial charge in [0.2, 0.25) is 0 Å². The molecule has 0 spiro atoms. The summed E-state index contributed by atoms with van der Waals surface area (Å²) >= 11 is 0. The highest BCUT2D eigenvalue weighted by Crippen LogP contribution is 2.29. The van der Waals surface area contributed by atoms with Crippen molar-refractivity contribution in [2.24, 2.45) is 11.8 Å². The fourth-order valence-corrected chi connectivity index (χ4v) is 2.76. The lowest BCUT2D eigenvalue weighted by atomic mass is 9.94. The summed E-state index contributed by atoms with van der Waals surface area (Å²) in [7, 11) is 0. The maximum absolute atomic E-state index is 12.8. The fourth-order valence-electron chi connectivity index (χ4n) is 2.76. The van der Waals surface area contributed by atoms with E-state index in [-0.39, 0.29) is 5.82 Å². The molecule has 0 heterocycles. The molecule has 1 unspecified atom stereocenters. The Labute approximate surface area is 102 Å². The average Bonchev–Trinajstić information content (AvgIpc) is 2.84. The Hall–Kier alpha value is -0.930. The van der Waals surface area contributed by atoms with E-state index in [1.165, 1.54) is 37.8 Å². The van der Waals surface area contributed by atoms with Crippen molar-refractivity contribution in [2.45, 2.75) is 44.6 Å². The lowest BCUT2D eigenvalue weighted by Gasteiger charge is -2.19. The highest BCUT2D eigenvalue weighted by Gasteiger charge is 2.19. The molecule has 2 nitrogen and oxygen atoms in total. The molecule has 0 bridgehead atoms. The molecule has 1 aromatic rings. The Morgan fingerprint density at radius 1 is 1.24 bits per heavy atom. The number of nitrogens with one attached hydrogen (secondary N) is 1. The first-order valence-electron chi connectivity index (χ1n) is 6.48. The third-order valence-corrected chi connectivity index (χ3v) is 3.72. The first-order chi connectivity index (χ1) is 8.28. The molecule has 0 amide bonds. The molecule has 0 saturated heterocycles. The third kappa shape index (κ3) is 3.79. The van der Waals surface area contributed by atoms with E-state index in [4.69, 9.17) is 5.84 Å². The van der Waals surface area contributed by atoms with E-state index >= 15 is 0 Å². The molecular weight excluding hydrogens is 215 g/mol. The second-order valence-corrected chi connectivity index (χ2v) is 5.08. The second kappa shape index (κ2) is 6.12. The van der Waals surface area contributed by atoms with Crippen LogP contribution in [-0.4, -0.2) is 6.04 Å². The van der Waals surface area contributed by atoms with E-state index in [0.717, 1.165) is 24.3 Å². The average molecular weight is 236 g/mol. The smallest absolute Gasteiger partial charge is 0.123 e. The first kappa shape index (κ1) is 12.5. The van der Waals surface area contributed by atoms with Crippen LogP contribution in [0.3, 0.4) is 0 Å². The predicted octanol–water partition coefficient (Wildman–Crippen LogP) is 2.78. The number of hydrazine groups is 1. The fraction of sp³-hybridized carbons (Fsp3) is 0.571. The van der Waals surface area contributed by atoms with E-state index in [2.05, 4.69) is 5.43 Å². The molecule has 1 atom stereocenters. The molecule has 3 heteroatoms. The van der Waals surface area contributed by atoms with Gasteiger partial charge in [0, 0.05) is 6.04 Å². The Morgan fingerprint density at radius 3 is 2.47 bits per heavy atom. The topological polar surface area (TPSA) is 38.0 Å². The van der Waals surface area contributed by atoms with Crippen molar-refractivity contribution >= 4 is 0 Å². The molecule has 1 aromatic carbocycles. The van der Waals surface area contributed by atoms with Crippen molar-refractivity contribution in [2.75, 3.05) is 0 Å². The van der Waals surface area contributed by atoms with Gasteiger partial charge in [0.1, 0.15) is 5.82 Å². The summed E-state index contributed by atoms with van der Waals surface area (Å²) in [5, 5.41) is 0. The lowest BCUT2D eigenvalue weighted by molar-refractivity contribution is 0.389. The van der Waals surface area contributed by atoms with Crippen molar-refractivity contribution in [3.63, 3.8) is 0 Å². The summed E-state index contributed by atoms with van der Waals surface area (Å²) in [6.45, 7) is 0. The van der Waals surface area contributed by atoms with Gasteiger partial charge in [0.15, 0.2) is 0 Å². The first-order valence-corrected chi connectivity index (χ1v) is 6.48. The largest absolute Gasteiger partial charge is 0.271 e. The molecule has 0 aliphatic heterocycles. The standard InChI is InChI=1S/C14H21FN2/c15-13-7-5-12(6-8-13)10-14(17-16)9-11-3-1-2-4-11/h5-8,11,14,17H,1-4,9-10,16H2. The monoisotopic (exact) mass is 236 g/mol. The van der Waals surface area contributed by atoms with Gasteiger partial charge >= 0.3 is 0 Å². The third-order valence-electron chi connectivity index (χ3n) is 3.72. The maximum atomic E-state index is 12.8. The van der Waals surface area contributed by atoms with Gasteiger partial charge < -0.3 is 0 Å². The van der Waals surface area contributed by atoms with Gasteiger partial charge in [0.05, 0.1) is 0 Å². The predicted molar refractivity (Wildman–Crippen MR) is 67.8 cm³/mol. The van der Waals surface area contributed by atoms with Crippen LogP contribution in [0.1, 0.15) is 37.7 Å². The van der Waals surface area contributed by atoms with Gasteiger partial charge in [0.25, 0.3) is 0 Å². The van der Waals surface area contributed by atoms with Gasteiger partial charge in [-0.2, -0.15) is 0 Å². The van der Waals surface area contributed by atoms with Crippen LogP contribution in [0.4, 0.5) is 4.39 Å². The quantitative estimate of drug-likeness (QED) is 0.609. The molecule has 3 N–H and O–H groups in total. The van der Waals surface area contributed by atoms with Crippen molar-refractivity contribution in [3.05, 3.63) is 35.6 Å². The van der Waals surface area contributed by atoms with Crippen LogP contribution in [0, 0.1) is 11.7 Å². The Morgan fingerprint density at radius 2 is 1.88 bits per heavy atom. The maximum Gasteiger partial charge on any atom is 0.123 e. The van der Waals surface area contributed by atoms with Crippen LogP contribution >= 0.6 is 0 Å². The Balaban J connectivity index is 1.87. The summed E-state index contributed by atoms with van der Waals surface area (Å²) in [6.07, 6.45) is 7.40. The highest BCUT2D eigenvalue weighted by molar-refractivity contribution is 5.17. The van der Waals surface area contributed by atoms with Crippen LogP contribution in [0.25, 0.3) is 0 Å². The number of rotatable bonds is 5. The minimum absolute atomic E-state index is 0.179. The molecule has 1 saturated carbocycles. The number of halogens is 1. The molecule has 94 valence electrons. The van der Waals surface area contributed by atoms with Crippen LogP contribution in [-0.2, 0) is 6.42 Å². The molecule has 17 heavy (non-hydrogen) atoms. The van der Waals surface area contributed by atoms with Crippen molar-refractivity contribution in [1.82, 2.24) is 5.43 Å². The van der Waals surface area contributed by atoms with E-state index in [1.807, 2.05) is 12.1 Å². The minimum atomic E-state index is -0.179. The van der Waals surface area contributed by atoms with Crippen LogP contribution in [0.5, 0.6) is 0 Å². The summed E-state index contributed by atoms with van der Waals surface area (Å²) in [5.74, 6) is 6.24. The van der Waals surface area contributed by atoms with E-state index in [1.54, 1.807) is 0 Å². The molecule has 0 radical (unpaired) electrons. The van der Waals surface area contributed by atoms with Crippen LogP contribution in [0.15, 0.2) is 24.3 Å². The van der Waals surface area contributed by atoms with E-state index in [9.17, 15) is 4.39 Å². The summed E-state index contributed by atoms with van der Waals surface area (Å²) in [5.41, 5.74) is 4.04. The van der Waals surface area contributed by atoms with Crippen molar-refractivity contribution in [1.29, 1.82) is 0 Å². The highest BCUT2D eigenvalue weighted by atomic mass is 19.1. The lowest BCUT2D eigenvalue weighted by Crippen LogP contribution is -2.38. The van der Waals surface area contributed by atoms with Gasteiger partial charge in [-0.05, 0) is 36.5 Å². The minimum Gasteiger partial charge on any atom is -0.271 e. The zero-order chi connectivity index (χ0) is 12.1. The molecule has 1 fully saturated rings. The molecule has 1 aliphatic rings. The van der Waals surface area contributed by atoms with E-state index < -0.39 is 0 Å². The summed E-state index contributed by atoms with van der Waals surface area (Å²) in [4.78, 5) is 0. The van der Waals surface area contributed by atoms with Crippen LogP contribution < -0.4 is 11.3 Å². The molecule has 2 rings (SSSR count). The molecule has 1 aliphatic carbocycles. The number of hydrogen-bond acceptors (Lipinski definition) is 2. The van der Waals surface area contributed by atoms with E-state index in [0.29, 0.717) is 6.04 Å². The normalized spacial score (nSPS) is 18.5. The number of nitrogens with two attached hydrogens (primary N) is 1. The second-order valence-electron chi connectivity index (χ2n) is 5.08. The number of benzene rings is 1. The van der Waals surface area contributed by atoms with Crippen LogP contribution in [0.2, 0.25) is 0 Å². The van der Waals surface area contributed by atoms with Gasteiger partial charge in [-0.1, -0.05) is 37.8 Å². The Bertz CT molecular complexity index is 331. The zero-order valence-electron chi connectivity index (χ0n) is 10.2. The zero-order valence-corrected chi connectivity index (χ0v) is 10.2. The SMILES string of the molecule is NNC(Cc1ccc(F)cc1)CC1CCCC1. The summed E-state index contributed by atoms with van der Waals surface area (Å²) < 4.78 is 12.8. The van der Waals surface area contributed by atoms with Gasteiger partial charge in [-0.3, -0.25) is 11.3 Å². The molecule has 0 aromatic heterocycles. The van der Waals surface area contributed by atoms with Crippen molar-refractivity contribution in [3.8, 4) is 0 Å². The number of hydrogen-bond donors (Lipinski definition) is 2. The van der Waals surface area contributed by atoms with Crippen molar-refractivity contribution < 1.29 is 4.39 Å². The van der Waals surface area contributed by atoms with Gasteiger partial charge in [-0.25, -0.2) is 4.39 Å². The summed E-state index contributed by atoms with van der Waals surface area (Å²) in [6, 6.07) is 7.02. The Kier molecular flexibility index (Phi) is 4.51. The molecular formula is C14H21FN2.